The van der Waals surface area contributed by atoms with Crippen LogP contribution in [0.2, 0.25) is 0 Å². The molecule has 0 spiro atoms. The van der Waals surface area contributed by atoms with E-state index in [-0.39, 0.29) is 5.91 Å². The van der Waals surface area contributed by atoms with Gasteiger partial charge in [-0.25, -0.2) is 4.79 Å². The lowest BCUT2D eigenvalue weighted by molar-refractivity contribution is 0.0874. The molecule has 0 aliphatic heterocycles. The van der Waals surface area contributed by atoms with E-state index < -0.39 is 0 Å². The van der Waals surface area contributed by atoms with Gasteiger partial charge in [-0.05, 0) is 44.5 Å². The van der Waals surface area contributed by atoms with Crippen LogP contribution >= 0.6 is 0 Å². The van der Waals surface area contributed by atoms with E-state index >= 15 is 0 Å². The van der Waals surface area contributed by atoms with Crippen LogP contribution in [0.5, 0.6) is 0 Å². The number of hydrogen-bond acceptors (Lipinski definition) is 2. The fraction of sp³-hybridized carbons (Fsp3) is 0.533. The number of hydrogen-bond donors (Lipinski definition) is 1. The van der Waals surface area contributed by atoms with Crippen LogP contribution in [0.3, 0.4) is 0 Å². The van der Waals surface area contributed by atoms with Gasteiger partial charge in [0.15, 0.2) is 0 Å². The van der Waals surface area contributed by atoms with Crippen molar-refractivity contribution in [2.45, 2.75) is 33.6 Å². The SMILES string of the molecule is CCCCNc1ccc(C(=O)[N+](CC)CC)cc1. The Morgan fingerprint density at radius 2 is 1.72 bits per heavy atom. The van der Waals surface area contributed by atoms with Crippen LogP contribution < -0.4 is 10.2 Å². The molecule has 0 bridgehead atoms. The highest BCUT2D eigenvalue weighted by Crippen LogP contribution is 2.11. The van der Waals surface area contributed by atoms with Crippen molar-refractivity contribution < 1.29 is 4.79 Å². The van der Waals surface area contributed by atoms with Gasteiger partial charge in [0.2, 0.25) is 0 Å². The van der Waals surface area contributed by atoms with E-state index in [1.54, 1.807) is 0 Å². The summed E-state index contributed by atoms with van der Waals surface area (Å²) in [6, 6.07) is 7.75. The maximum Gasteiger partial charge on any atom is 0.393 e. The lowest BCUT2D eigenvalue weighted by Gasteiger charge is -2.07. The van der Waals surface area contributed by atoms with Gasteiger partial charge < -0.3 is 5.32 Å². The minimum atomic E-state index is 0.111. The highest BCUT2D eigenvalue weighted by atomic mass is 16.2. The van der Waals surface area contributed by atoms with Gasteiger partial charge in [-0.2, -0.15) is 0 Å². The van der Waals surface area contributed by atoms with E-state index in [4.69, 9.17) is 0 Å². The molecule has 0 aliphatic rings. The summed E-state index contributed by atoms with van der Waals surface area (Å²) < 4.78 is 0. The molecule has 1 amide bonds. The second-order valence-electron chi connectivity index (χ2n) is 4.34. The molecule has 0 fully saturated rings. The molecule has 18 heavy (non-hydrogen) atoms. The molecule has 99 valence electrons. The van der Waals surface area contributed by atoms with Crippen molar-refractivity contribution in [3.05, 3.63) is 29.8 Å². The van der Waals surface area contributed by atoms with Crippen LogP contribution in [-0.4, -0.2) is 25.5 Å². The number of anilines is 1. The Kier molecular flexibility index (Phi) is 6.44. The molecule has 0 unspecified atom stereocenters. The van der Waals surface area contributed by atoms with Crippen molar-refractivity contribution in [1.29, 1.82) is 0 Å². The number of amides is 1. The van der Waals surface area contributed by atoms with Gasteiger partial charge in [-0.3, -0.25) is 0 Å². The number of nitrogens with zero attached hydrogens (tertiary/aromatic N) is 1. The number of carbonyl (C=O) groups is 1. The molecule has 0 saturated heterocycles. The van der Waals surface area contributed by atoms with Gasteiger partial charge in [0.05, 0.1) is 5.56 Å². The van der Waals surface area contributed by atoms with Gasteiger partial charge in [0.25, 0.3) is 0 Å². The van der Waals surface area contributed by atoms with Crippen molar-refractivity contribution in [3.8, 4) is 0 Å². The third-order valence-electron chi connectivity index (χ3n) is 3.04. The highest BCUT2D eigenvalue weighted by molar-refractivity contribution is 5.96. The molecule has 3 heteroatoms. The number of unbranched alkanes of at least 4 members (excludes halogenated alkanes) is 1. The highest BCUT2D eigenvalue weighted by Gasteiger charge is 2.23. The molecule has 0 heterocycles. The molecule has 1 rings (SSSR count). The van der Waals surface area contributed by atoms with E-state index in [2.05, 4.69) is 12.2 Å². The van der Waals surface area contributed by atoms with Crippen molar-refractivity contribution in [2.24, 2.45) is 0 Å². The molecule has 0 aromatic heterocycles. The first kappa shape index (κ1) is 14.7. The van der Waals surface area contributed by atoms with E-state index in [1.807, 2.05) is 43.0 Å². The molecule has 0 saturated carbocycles. The van der Waals surface area contributed by atoms with Gasteiger partial charge in [0, 0.05) is 12.2 Å². The Labute approximate surface area is 110 Å². The summed E-state index contributed by atoms with van der Waals surface area (Å²) in [6.07, 6.45) is 2.35. The lowest BCUT2D eigenvalue weighted by atomic mass is 10.1. The summed E-state index contributed by atoms with van der Waals surface area (Å²) in [6.45, 7) is 8.68. The maximum absolute atomic E-state index is 12.1. The smallest absolute Gasteiger partial charge is 0.385 e. The Balaban J connectivity index is 2.61. The van der Waals surface area contributed by atoms with Gasteiger partial charge >= 0.3 is 5.91 Å². The first-order chi connectivity index (χ1) is 8.72. The molecule has 1 aromatic rings. The van der Waals surface area contributed by atoms with E-state index in [1.165, 1.54) is 12.8 Å². The van der Waals surface area contributed by atoms with E-state index in [9.17, 15) is 4.79 Å². The largest absolute Gasteiger partial charge is 0.393 e. The zero-order chi connectivity index (χ0) is 13.4. The van der Waals surface area contributed by atoms with Gasteiger partial charge in [-0.1, -0.05) is 18.2 Å². The molecular formula is C15H24N2O+. The number of benzene rings is 1. The Morgan fingerprint density at radius 1 is 1.11 bits per heavy atom. The summed E-state index contributed by atoms with van der Waals surface area (Å²) in [5.74, 6) is 0.111. The minimum Gasteiger partial charge on any atom is -0.385 e. The maximum atomic E-state index is 12.1. The number of carbonyl (C=O) groups excluding carboxylic acids is 1. The summed E-state index contributed by atoms with van der Waals surface area (Å²) in [7, 11) is 0. The van der Waals surface area contributed by atoms with Crippen LogP contribution in [-0.2, 0) is 0 Å². The zero-order valence-electron chi connectivity index (χ0n) is 11.7. The van der Waals surface area contributed by atoms with Crippen molar-refractivity contribution in [2.75, 3.05) is 25.0 Å². The third-order valence-corrected chi connectivity index (χ3v) is 3.04. The second-order valence-corrected chi connectivity index (χ2v) is 4.34. The van der Waals surface area contributed by atoms with E-state index in [0.717, 1.165) is 30.9 Å². The lowest BCUT2D eigenvalue weighted by Crippen LogP contribution is -2.36. The average molecular weight is 248 g/mol. The summed E-state index contributed by atoms with van der Waals surface area (Å²) >= 11 is 0. The Hall–Kier alpha value is -1.35. The van der Waals surface area contributed by atoms with Crippen molar-refractivity contribution >= 4 is 11.6 Å². The van der Waals surface area contributed by atoms with Crippen LogP contribution in [0.15, 0.2) is 24.3 Å². The monoisotopic (exact) mass is 248 g/mol. The fourth-order valence-corrected chi connectivity index (χ4v) is 1.83. The molecular weight excluding hydrogens is 224 g/mol. The predicted octanol–water partition coefficient (Wildman–Crippen LogP) is 3.22. The molecule has 0 aliphatic carbocycles. The van der Waals surface area contributed by atoms with Crippen LogP contribution in [0.1, 0.15) is 44.0 Å². The second kappa shape index (κ2) is 7.88. The summed E-state index contributed by atoms with van der Waals surface area (Å²) in [4.78, 5) is 13.9. The average Bonchev–Trinajstić information content (AvgIpc) is 2.41. The predicted molar refractivity (Wildman–Crippen MR) is 77.4 cm³/mol. The zero-order valence-corrected chi connectivity index (χ0v) is 11.7. The third kappa shape index (κ3) is 4.15. The van der Waals surface area contributed by atoms with E-state index in [0.29, 0.717) is 0 Å². The molecule has 1 N–H and O–H groups in total. The van der Waals surface area contributed by atoms with Gasteiger partial charge in [-0.15, -0.1) is 0 Å². The Morgan fingerprint density at radius 3 is 2.22 bits per heavy atom. The number of nitrogens with one attached hydrogen (secondary N) is 1. The minimum absolute atomic E-state index is 0.111. The quantitative estimate of drug-likeness (QED) is 0.594. The summed E-state index contributed by atoms with van der Waals surface area (Å²) in [5.41, 5.74) is 1.85. The van der Waals surface area contributed by atoms with Gasteiger partial charge in [0.1, 0.15) is 13.1 Å². The molecule has 1 radical (unpaired) electrons. The first-order valence-electron chi connectivity index (χ1n) is 6.86. The molecule has 0 atom stereocenters. The fourth-order valence-electron chi connectivity index (χ4n) is 1.83. The molecule has 1 aromatic carbocycles. The molecule has 3 nitrogen and oxygen atoms in total. The van der Waals surface area contributed by atoms with Crippen molar-refractivity contribution in [1.82, 2.24) is 4.90 Å². The topological polar surface area (TPSA) is 35.0 Å². The van der Waals surface area contributed by atoms with Crippen molar-refractivity contribution in [3.63, 3.8) is 0 Å². The van der Waals surface area contributed by atoms with Crippen LogP contribution in [0.25, 0.3) is 0 Å². The Bertz CT molecular complexity index is 355. The standard InChI is InChI=1S/C15H24N2O/c1-4-7-12-16-14-10-8-13(9-11-14)15(18)17(5-2)6-3/h8-11,16H,4-7,12H2,1-3H3/q+1. The van der Waals surface area contributed by atoms with Crippen LogP contribution in [0, 0.1) is 0 Å². The number of rotatable bonds is 7. The first-order valence-corrected chi connectivity index (χ1v) is 6.86. The van der Waals surface area contributed by atoms with Crippen LogP contribution in [0.4, 0.5) is 5.69 Å². The normalized spacial score (nSPS) is 10.7. The summed E-state index contributed by atoms with van der Waals surface area (Å²) in [5, 5.41) is 3.34.